The van der Waals surface area contributed by atoms with Gasteiger partial charge in [-0.3, -0.25) is 4.79 Å². The molecule has 0 fully saturated rings. The minimum Gasteiger partial charge on any atom is -0.494 e. The summed E-state index contributed by atoms with van der Waals surface area (Å²) in [5, 5.41) is 2.69. The number of amides is 1. The predicted molar refractivity (Wildman–Crippen MR) is 96.5 cm³/mol. The topological polar surface area (TPSA) is 84.5 Å². The summed E-state index contributed by atoms with van der Waals surface area (Å²) in [6, 6.07) is 7.78. The minimum atomic E-state index is -3.80. The van der Waals surface area contributed by atoms with E-state index in [1.165, 1.54) is 44.5 Å². The van der Waals surface area contributed by atoms with Gasteiger partial charge in [-0.25, -0.2) is 17.5 Å². The number of carbonyl (C=O) groups excluding carboxylic acids is 1. The highest BCUT2D eigenvalue weighted by molar-refractivity contribution is 7.89. The van der Waals surface area contributed by atoms with E-state index >= 15 is 0 Å². The van der Waals surface area contributed by atoms with E-state index in [0.717, 1.165) is 0 Å². The Hall–Kier alpha value is -2.16. The second-order valence-electron chi connectivity index (χ2n) is 5.44. The zero-order chi connectivity index (χ0) is 19.5. The molecule has 0 aliphatic carbocycles. The Balaban J connectivity index is 2.25. The first-order valence-electron chi connectivity index (χ1n) is 7.57. The van der Waals surface area contributed by atoms with Crippen LogP contribution in [0, 0.1) is 5.82 Å². The first kappa shape index (κ1) is 20.2. The molecule has 0 bridgehead atoms. The normalized spacial score (nSPS) is 12.5. The van der Waals surface area contributed by atoms with Crippen molar-refractivity contribution in [1.82, 2.24) is 10.0 Å². The summed E-state index contributed by atoms with van der Waals surface area (Å²) >= 11 is 5.91. The van der Waals surface area contributed by atoms with Crippen molar-refractivity contribution in [3.63, 3.8) is 0 Å². The molecule has 26 heavy (non-hydrogen) atoms. The van der Waals surface area contributed by atoms with Gasteiger partial charge in [0.2, 0.25) is 10.0 Å². The van der Waals surface area contributed by atoms with E-state index in [-0.39, 0.29) is 21.2 Å². The fraction of sp³-hybridized carbons (Fsp3) is 0.235. The molecule has 0 radical (unpaired) electrons. The summed E-state index contributed by atoms with van der Waals surface area (Å²) < 4.78 is 44.7. The van der Waals surface area contributed by atoms with Crippen LogP contribution in [0.1, 0.15) is 28.9 Å². The van der Waals surface area contributed by atoms with Gasteiger partial charge in [-0.1, -0.05) is 17.7 Å². The first-order valence-corrected chi connectivity index (χ1v) is 9.43. The van der Waals surface area contributed by atoms with Crippen LogP contribution in [0.2, 0.25) is 5.02 Å². The van der Waals surface area contributed by atoms with Crippen molar-refractivity contribution in [2.24, 2.45) is 0 Å². The van der Waals surface area contributed by atoms with Crippen LogP contribution in [-0.4, -0.2) is 28.5 Å². The molecule has 0 aliphatic rings. The van der Waals surface area contributed by atoms with Gasteiger partial charge in [0.15, 0.2) is 11.6 Å². The number of sulfonamides is 1. The molecule has 2 aromatic carbocycles. The summed E-state index contributed by atoms with van der Waals surface area (Å²) in [5.41, 5.74) is 0.651. The molecule has 1 amide bonds. The smallest absolute Gasteiger partial charge is 0.251 e. The maximum Gasteiger partial charge on any atom is 0.251 e. The summed E-state index contributed by atoms with van der Waals surface area (Å²) in [6.45, 7) is 1.68. The van der Waals surface area contributed by atoms with Gasteiger partial charge >= 0.3 is 0 Å². The second-order valence-corrected chi connectivity index (χ2v) is 7.70. The van der Waals surface area contributed by atoms with Gasteiger partial charge < -0.3 is 10.1 Å². The Morgan fingerprint density at radius 3 is 2.50 bits per heavy atom. The highest BCUT2D eigenvalue weighted by atomic mass is 35.5. The standard InChI is InChI=1S/C17H18ClFN2O4S/c1-10(11-5-7-15(25-3)14(19)8-11)21-17(22)12-4-6-13(18)16(9-12)26(23,24)20-2/h4-10,20H,1-3H3,(H,21,22)/t10-/m0/s1. The molecule has 2 N–H and O–H groups in total. The lowest BCUT2D eigenvalue weighted by Crippen LogP contribution is -2.27. The number of benzene rings is 2. The molecule has 0 aliphatic heterocycles. The molecule has 1 atom stereocenters. The monoisotopic (exact) mass is 400 g/mol. The van der Waals surface area contributed by atoms with Crippen LogP contribution in [0.3, 0.4) is 0 Å². The van der Waals surface area contributed by atoms with Gasteiger partial charge in [-0.05, 0) is 49.9 Å². The molecule has 0 spiro atoms. The molecule has 0 aromatic heterocycles. The Morgan fingerprint density at radius 1 is 1.23 bits per heavy atom. The fourth-order valence-electron chi connectivity index (χ4n) is 2.28. The van der Waals surface area contributed by atoms with E-state index in [0.29, 0.717) is 5.56 Å². The van der Waals surface area contributed by atoms with E-state index in [4.69, 9.17) is 16.3 Å². The SMILES string of the molecule is CNS(=O)(=O)c1cc(C(=O)N[C@@H](C)c2ccc(OC)c(F)c2)ccc1Cl. The van der Waals surface area contributed by atoms with Gasteiger partial charge in [-0.15, -0.1) is 0 Å². The van der Waals surface area contributed by atoms with Gasteiger partial charge in [0.1, 0.15) is 4.90 Å². The van der Waals surface area contributed by atoms with Crippen LogP contribution in [0.25, 0.3) is 0 Å². The van der Waals surface area contributed by atoms with E-state index in [2.05, 4.69) is 10.0 Å². The molecule has 0 saturated heterocycles. The van der Waals surface area contributed by atoms with Crippen molar-refractivity contribution in [3.8, 4) is 5.75 Å². The zero-order valence-electron chi connectivity index (χ0n) is 14.3. The van der Waals surface area contributed by atoms with Crippen molar-refractivity contribution in [2.75, 3.05) is 14.2 Å². The largest absolute Gasteiger partial charge is 0.494 e. The van der Waals surface area contributed by atoms with Crippen LogP contribution >= 0.6 is 11.6 Å². The Kier molecular flexibility index (Phi) is 6.22. The predicted octanol–water partition coefficient (Wildman–Crippen LogP) is 2.89. The van der Waals surface area contributed by atoms with Crippen LogP contribution in [-0.2, 0) is 10.0 Å². The maximum atomic E-state index is 13.8. The fourth-order valence-corrected chi connectivity index (χ4v) is 3.52. The van der Waals surface area contributed by atoms with Crippen LogP contribution < -0.4 is 14.8 Å². The summed E-state index contributed by atoms with van der Waals surface area (Å²) in [7, 11) is -1.19. The zero-order valence-corrected chi connectivity index (χ0v) is 15.9. The summed E-state index contributed by atoms with van der Waals surface area (Å²) in [4.78, 5) is 12.2. The number of nitrogens with one attached hydrogen (secondary N) is 2. The van der Waals surface area contributed by atoms with E-state index in [1.807, 2.05) is 0 Å². The first-order chi connectivity index (χ1) is 12.2. The highest BCUT2D eigenvalue weighted by Gasteiger charge is 2.20. The molecular formula is C17H18ClFN2O4S. The number of methoxy groups -OCH3 is 1. The van der Waals surface area contributed by atoms with Crippen LogP contribution in [0.4, 0.5) is 4.39 Å². The number of hydrogen-bond donors (Lipinski definition) is 2. The lowest BCUT2D eigenvalue weighted by atomic mass is 10.1. The third-order valence-corrected chi connectivity index (χ3v) is 5.67. The summed E-state index contributed by atoms with van der Waals surface area (Å²) in [5.74, 6) is -0.954. The van der Waals surface area contributed by atoms with Crippen LogP contribution in [0.5, 0.6) is 5.75 Å². The van der Waals surface area contributed by atoms with Crippen molar-refractivity contribution in [3.05, 3.63) is 58.4 Å². The average molecular weight is 401 g/mol. The Bertz CT molecular complexity index is 934. The maximum absolute atomic E-state index is 13.8. The quantitative estimate of drug-likeness (QED) is 0.780. The molecule has 2 rings (SSSR count). The van der Waals surface area contributed by atoms with E-state index in [1.54, 1.807) is 13.0 Å². The molecular weight excluding hydrogens is 383 g/mol. The van der Waals surface area contributed by atoms with Crippen molar-refractivity contribution < 1.29 is 22.3 Å². The number of ether oxygens (including phenoxy) is 1. The van der Waals surface area contributed by atoms with Gasteiger partial charge in [0, 0.05) is 5.56 Å². The lowest BCUT2D eigenvalue weighted by Gasteiger charge is -2.16. The Morgan fingerprint density at radius 2 is 1.92 bits per heavy atom. The highest BCUT2D eigenvalue weighted by Crippen LogP contribution is 2.24. The number of hydrogen-bond acceptors (Lipinski definition) is 4. The third-order valence-electron chi connectivity index (χ3n) is 3.78. The van der Waals surface area contributed by atoms with E-state index < -0.39 is 27.8 Å². The van der Waals surface area contributed by atoms with Gasteiger partial charge in [-0.2, -0.15) is 0 Å². The number of carbonyl (C=O) groups is 1. The average Bonchev–Trinajstić information content (AvgIpc) is 2.61. The van der Waals surface area contributed by atoms with Crippen molar-refractivity contribution in [1.29, 1.82) is 0 Å². The minimum absolute atomic E-state index is 0.00109. The molecule has 140 valence electrons. The third kappa shape index (κ3) is 4.32. The van der Waals surface area contributed by atoms with Crippen molar-refractivity contribution >= 4 is 27.5 Å². The molecule has 0 unspecified atom stereocenters. The number of rotatable bonds is 6. The molecule has 0 saturated carbocycles. The van der Waals surface area contributed by atoms with Crippen molar-refractivity contribution in [2.45, 2.75) is 17.9 Å². The molecule has 2 aromatic rings. The second kappa shape index (κ2) is 8.03. The van der Waals surface area contributed by atoms with Gasteiger partial charge in [0.05, 0.1) is 18.2 Å². The Labute approximate surface area is 156 Å². The molecule has 0 heterocycles. The number of halogens is 2. The lowest BCUT2D eigenvalue weighted by molar-refractivity contribution is 0.0939. The summed E-state index contributed by atoms with van der Waals surface area (Å²) in [6.07, 6.45) is 0. The van der Waals surface area contributed by atoms with Crippen LogP contribution in [0.15, 0.2) is 41.3 Å². The van der Waals surface area contributed by atoms with E-state index in [9.17, 15) is 17.6 Å². The molecule has 9 heteroatoms. The molecule has 6 nitrogen and oxygen atoms in total. The van der Waals surface area contributed by atoms with Gasteiger partial charge in [0.25, 0.3) is 5.91 Å².